The van der Waals surface area contributed by atoms with E-state index < -0.39 is 12.7 Å². The van der Waals surface area contributed by atoms with Crippen molar-refractivity contribution in [3.63, 3.8) is 0 Å². The standard InChI is InChI=1S/C15H23BrF3NO/c16-7-8-20(10-15(17,18)19)14(21)13-6-5-11-3-1-2-4-12(11)9-13/h11-13H,1-10H2. The Balaban J connectivity index is 1.96. The van der Waals surface area contributed by atoms with Gasteiger partial charge in [0, 0.05) is 17.8 Å². The average molecular weight is 370 g/mol. The van der Waals surface area contributed by atoms with Gasteiger partial charge in [0.2, 0.25) is 5.91 Å². The van der Waals surface area contributed by atoms with E-state index in [1.807, 2.05) is 0 Å². The fourth-order valence-electron chi connectivity index (χ4n) is 3.94. The molecule has 2 fully saturated rings. The molecule has 0 aromatic carbocycles. The van der Waals surface area contributed by atoms with Gasteiger partial charge in [-0.15, -0.1) is 0 Å². The molecule has 2 nitrogen and oxygen atoms in total. The third-order valence-electron chi connectivity index (χ3n) is 4.93. The second-order valence-corrected chi connectivity index (χ2v) is 7.17. The molecule has 21 heavy (non-hydrogen) atoms. The van der Waals surface area contributed by atoms with Crippen molar-refractivity contribution in [3.05, 3.63) is 0 Å². The highest BCUT2D eigenvalue weighted by Gasteiger charge is 2.39. The lowest BCUT2D eigenvalue weighted by molar-refractivity contribution is -0.164. The van der Waals surface area contributed by atoms with Crippen molar-refractivity contribution in [1.82, 2.24) is 4.90 Å². The third kappa shape index (κ3) is 4.86. The van der Waals surface area contributed by atoms with Crippen LogP contribution in [0.4, 0.5) is 13.2 Å². The number of hydrogen-bond donors (Lipinski definition) is 0. The van der Waals surface area contributed by atoms with Gasteiger partial charge in [-0.05, 0) is 31.1 Å². The monoisotopic (exact) mass is 369 g/mol. The van der Waals surface area contributed by atoms with E-state index in [-0.39, 0.29) is 18.4 Å². The molecular weight excluding hydrogens is 347 g/mol. The minimum absolute atomic E-state index is 0.128. The Morgan fingerprint density at radius 2 is 1.76 bits per heavy atom. The average Bonchev–Trinajstić information content (AvgIpc) is 2.44. The van der Waals surface area contributed by atoms with Crippen LogP contribution in [0.5, 0.6) is 0 Å². The first kappa shape index (κ1) is 17.1. The number of fused-ring (bicyclic) bond motifs is 1. The molecule has 122 valence electrons. The van der Waals surface area contributed by atoms with Crippen LogP contribution >= 0.6 is 15.9 Å². The predicted molar refractivity (Wildman–Crippen MR) is 79.2 cm³/mol. The second kappa shape index (κ2) is 7.34. The van der Waals surface area contributed by atoms with Crippen molar-refractivity contribution in [1.29, 1.82) is 0 Å². The maximum Gasteiger partial charge on any atom is 0.406 e. The molecule has 2 aliphatic carbocycles. The van der Waals surface area contributed by atoms with Crippen molar-refractivity contribution < 1.29 is 18.0 Å². The molecule has 0 aromatic rings. The summed E-state index contributed by atoms with van der Waals surface area (Å²) in [5.41, 5.74) is 0. The smallest absolute Gasteiger partial charge is 0.333 e. The van der Waals surface area contributed by atoms with Gasteiger partial charge < -0.3 is 4.90 Å². The lowest BCUT2D eigenvalue weighted by Crippen LogP contribution is -2.45. The number of carbonyl (C=O) groups is 1. The molecule has 3 atom stereocenters. The summed E-state index contributed by atoms with van der Waals surface area (Å²) in [5.74, 6) is 0.759. The molecule has 0 radical (unpaired) electrons. The minimum Gasteiger partial charge on any atom is -0.333 e. The van der Waals surface area contributed by atoms with Crippen molar-refractivity contribution in [2.45, 2.75) is 51.1 Å². The Labute approximate surface area is 132 Å². The Hall–Kier alpha value is -0.260. The molecule has 0 saturated heterocycles. The van der Waals surface area contributed by atoms with E-state index >= 15 is 0 Å². The lowest BCUT2D eigenvalue weighted by atomic mass is 9.67. The summed E-state index contributed by atoms with van der Waals surface area (Å²) in [4.78, 5) is 13.4. The molecule has 0 bridgehead atoms. The summed E-state index contributed by atoms with van der Waals surface area (Å²) in [6, 6.07) is 0. The number of rotatable bonds is 4. The Bertz CT molecular complexity index is 361. The molecule has 6 heteroatoms. The van der Waals surface area contributed by atoms with Gasteiger partial charge in [0.05, 0.1) is 0 Å². The first-order valence-electron chi connectivity index (χ1n) is 7.82. The van der Waals surface area contributed by atoms with Gasteiger partial charge in [0.1, 0.15) is 6.54 Å². The SMILES string of the molecule is O=C(C1CCC2CCCCC2C1)N(CCBr)CC(F)(F)F. The molecule has 0 aromatic heterocycles. The third-order valence-corrected chi connectivity index (χ3v) is 5.28. The largest absolute Gasteiger partial charge is 0.406 e. The highest BCUT2D eigenvalue weighted by atomic mass is 79.9. The molecule has 2 rings (SSSR count). The van der Waals surface area contributed by atoms with Crippen LogP contribution in [0.25, 0.3) is 0 Å². The summed E-state index contributed by atoms with van der Waals surface area (Å²) in [6.07, 6.45) is 3.09. The molecule has 0 spiro atoms. The highest BCUT2D eigenvalue weighted by Crippen LogP contribution is 2.43. The van der Waals surface area contributed by atoms with Crippen LogP contribution in [0.3, 0.4) is 0 Å². The van der Waals surface area contributed by atoms with Gasteiger partial charge in [0.15, 0.2) is 0 Å². The maximum atomic E-state index is 12.6. The fraction of sp³-hybridized carbons (Fsp3) is 0.933. The molecule has 0 heterocycles. The first-order chi connectivity index (χ1) is 9.90. The minimum atomic E-state index is -4.32. The van der Waals surface area contributed by atoms with Gasteiger partial charge in [0.25, 0.3) is 0 Å². The van der Waals surface area contributed by atoms with Gasteiger partial charge in [-0.3, -0.25) is 4.79 Å². The van der Waals surface area contributed by atoms with Crippen molar-refractivity contribution in [2.24, 2.45) is 17.8 Å². The summed E-state index contributed by atoms with van der Waals surface area (Å²) in [6.45, 7) is -0.995. The zero-order valence-electron chi connectivity index (χ0n) is 12.2. The van der Waals surface area contributed by atoms with Crippen LogP contribution < -0.4 is 0 Å². The molecule has 0 N–H and O–H groups in total. The van der Waals surface area contributed by atoms with Gasteiger partial charge in [-0.25, -0.2) is 0 Å². The number of nitrogens with zero attached hydrogens (tertiary/aromatic N) is 1. The molecular formula is C15H23BrF3NO. The summed E-state index contributed by atoms with van der Waals surface area (Å²) in [7, 11) is 0. The normalized spacial score (nSPS) is 29.8. The quantitative estimate of drug-likeness (QED) is 0.673. The van der Waals surface area contributed by atoms with Crippen LogP contribution in [0.15, 0.2) is 0 Å². The molecule has 2 saturated carbocycles. The predicted octanol–water partition coefficient (Wildman–Crippen LogP) is 4.38. The highest BCUT2D eigenvalue weighted by molar-refractivity contribution is 9.09. The molecule has 0 aliphatic heterocycles. The van der Waals surface area contributed by atoms with Crippen LogP contribution in [0.1, 0.15) is 44.9 Å². The Morgan fingerprint density at radius 1 is 1.10 bits per heavy atom. The topological polar surface area (TPSA) is 20.3 Å². The van der Waals surface area contributed by atoms with E-state index in [1.165, 1.54) is 19.3 Å². The zero-order valence-corrected chi connectivity index (χ0v) is 13.8. The molecule has 1 amide bonds. The summed E-state index contributed by atoms with van der Waals surface area (Å²) >= 11 is 3.14. The van der Waals surface area contributed by atoms with E-state index in [0.717, 1.165) is 30.6 Å². The van der Waals surface area contributed by atoms with E-state index in [4.69, 9.17) is 0 Å². The van der Waals surface area contributed by atoms with E-state index in [9.17, 15) is 18.0 Å². The number of halogens is 4. The van der Waals surface area contributed by atoms with Crippen LogP contribution in [-0.2, 0) is 4.79 Å². The van der Waals surface area contributed by atoms with E-state index in [0.29, 0.717) is 17.2 Å². The van der Waals surface area contributed by atoms with Crippen LogP contribution in [-0.4, -0.2) is 35.4 Å². The fourth-order valence-corrected chi connectivity index (χ4v) is 4.37. The van der Waals surface area contributed by atoms with Crippen LogP contribution in [0, 0.1) is 17.8 Å². The van der Waals surface area contributed by atoms with Gasteiger partial charge in [-0.2, -0.15) is 13.2 Å². The van der Waals surface area contributed by atoms with Gasteiger partial charge in [-0.1, -0.05) is 41.6 Å². The van der Waals surface area contributed by atoms with E-state index in [1.54, 1.807) is 0 Å². The van der Waals surface area contributed by atoms with Crippen molar-refractivity contribution in [2.75, 3.05) is 18.4 Å². The summed E-state index contributed by atoms with van der Waals surface area (Å²) < 4.78 is 37.8. The number of hydrogen-bond acceptors (Lipinski definition) is 1. The molecule has 2 aliphatic rings. The Kier molecular flexibility index (Phi) is 5.97. The van der Waals surface area contributed by atoms with Crippen molar-refractivity contribution >= 4 is 21.8 Å². The maximum absolute atomic E-state index is 12.6. The lowest BCUT2D eigenvalue weighted by Gasteiger charge is -2.40. The first-order valence-corrected chi connectivity index (χ1v) is 8.94. The van der Waals surface area contributed by atoms with Crippen LogP contribution in [0.2, 0.25) is 0 Å². The number of alkyl halides is 4. The van der Waals surface area contributed by atoms with E-state index in [2.05, 4.69) is 15.9 Å². The second-order valence-electron chi connectivity index (χ2n) is 6.38. The zero-order chi connectivity index (χ0) is 15.5. The molecule has 3 unspecified atom stereocenters. The number of amides is 1. The van der Waals surface area contributed by atoms with Crippen molar-refractivity contribution in [3.8, 4) is 0 Å². The Morgan fingerprint density at radius 3 is 2.38 bits per heavy atom. The summed E-state index contributed by atoms with van der Waals surface area (Å²) in [5, 5.41) is 0.383. The number of carbonyl (C=O) groups excluding carboxylic acids is 1. The van der Waals surface area contributed by atoms with Gasteiger partial charge >= 0.3 is 6.18 Å².